The summed E-state index contributed by atoms with van der Waals surface area (Å²) in [4.78, 5) is 25.4. The molecule has 1 amide bonds. The lowest BCUT2D eigenvalue weighted by Crippen LogP contribution is -2.21. The number of hydrogen-bond donors (Lipinski definition) is 1. The van der Waals surface area contributed by atoms with E-state index in [1.165, 1.54) is 44.6 Å². The molecule has 1 heterocycles. The molecule has 3 aromatic rings. The highest BCUT2D eigenvalue weighted by atomic mass is 19.1. The Morgan fingerprint density at radius 1 is 1.17 bits per heavy atom. The van der Waals surface area contributed by atoms with Gasteiger partial charge in [0, 0.05) is 12.6 Å². The van der Waals surface area contributed by atoms with E-state index < -0.39 is 5.91 Å². The van der Waals surface area contributed by atoms with Gasteiger partial charge < -0.3 is 14.8 Å². The number of hydrogen-bond acceptors (Lipinski definition) is 7. The molecule has 0 radical (unpaired) electrons. The molecule has 154 valence electrons. The number of nitrogens with zero attached hydrogens (tertiary/aromatic N) is 4. The van der Waals surface area contributed by atoms with Crippen LogP contribution in [0.15, 0.2) is 53.6 Å². The van der Waals surface area contributed by atoms with E-state index in [0.717, 1.165) is 4.79 Å². The third kappa shape index (κ3) is 4.85. The molecule has 0 spiro atoms. The average molecular weight is 411 g/mol. The third-order valence-electron chi connectivity index (χ3n) is 3.99. The van der Waals surface area contributed by atoms with Crippen LogP contribution in [0.1, 0.15) is 26.4 Å². The fourth-order valence-corrected chi connectivity index (χ4v) is 2.39. The highest BCUT2D eigenvalue weighted by Gasteiger charge is 2.22. The van der Waals surface area contributed by atoms with Gasteiger partial charge in [-0.25, -0.2) is 4.39 Å². The number of benzene rings is 2. The highest BCUT2D eigenvalue weighted by molar-refractivity contribution is 5.98. The molecule has 2 aromatic carbocycles. The Morgan fingerprint density at radius 3 is 2.50 bits per heavy atom. The van der Waals surface area contributed by atoms with Gasteiger partial charge in [-0.15, -0.1) is 5.10 Å². The normalized spacial score (nSPS) is 10.8. The lowest BCUT2D eigenvalue weighted by Gasteiger charge is -2.07. The second-order valence-electron chi connectivity index (χ2n) is 5.95. The number of Topliss-reactive ketones (excluding diaryl/α,β-unsaturated/α-hetero) is 1. The number of nitrogens with one attached hydrogen (secondary N) is 1. The van der Waals surface area contributed by atoms with Crippen LogP contribution in [0.3, 0.4) is 0 Å². The number of carbonyl (C=O) groups excluding carboxylic acids is 2. The number of rotatable bonds is 8. The number of methoxy groups -OCH3 is 1. The second-order valence-corrected chi connectivity index (χ2v) is 5.95. The lowest BCUT2D eigenvalue weighted by molar-refractivity contribution is 0.0898. The van der Waals surface area contributed by atoms with Crippen molar-refractivity contribution in [2.45, 2.75) is 0 Å². The standard InChI is InChI=1S/C20H18FN5O4/c1-22-19(28)18-20(30-12-17(27)14-5-9-16(29-2)10-6-14)26(25-24-18)23-11-13-3-7-15(21)8-4-13/h3-11H,12H2,1-2H3,(H,22,28). The Morgan fingerprint density at radius 2 is 1.87 bits per heavy atom. The van der Waals surface area contributed by atoms with Crippen molar-refractivity contribution in [1.29, 1.82) is 0 Å². The summed E-state index contributed by atoms with van der Waals surface area (Å²) in [6, 6.07) is 12.1. The van der Waals surface area contributed by atoms with Gasteiger partial charge in [0.2, 0.25) is 5.69 Å². The van der Waals surface area contributed by atoms with Gasteiger partial charge in [0.25, 0.3) is 11.8 Å². The summed E-state index contributed by atoms with van der Waals surface area (Å²) in [5.41, 5.74) is 0.871. The van der Waals surface area contributed by atoms with Crippen molar-refractivity contribution in [3.8, 4) is 11.6 Å². The van der Waals surface area contributed by atoms with Crippen LogP contribution in [0, 0.1) is 5.82 Å². The number of aromatic nitrogens is 3. The zero-order valence-corrected chi connectivity index (χ0v) is 16.2. The number of ether oxygens (including phenoxy) is 2. The van der Waals surface area contributed by atoms with Crippen LogP contribution in [0.4, 0.5) is 4.39 Å². The molecule has 1 aromatic heterocycles. The van der Waals surface area contributed by atoms with Crippen molar-refractivity contribution in [1.82, 2.24) is 20.4 Å². The summed E-state index contributed by atoms with van der Waals surface area (Å²) >= 11 is 0. The molecule has 30 heavy (non-hydrogen) atoms. The first-order valence-corrected chi connectivity index (χ1v) is 8.79. The quantitative estimate of drug-likeness (QED) is 0.448. The second kappa shape index (κ2) is 9.41. The third-order valence-corrected chi connectivity index (χ3v) is 3.99. The summed E-state index contributed by atoms with van der Waals surface area (Å²) in [7, 11) is 2.95. The van der Waals surface area contributed by atoms with Crippen molar-refractivity contribution in [2.75, 3.05) is 20.8 Å². The van der Waals surface area contributed by atoms with Gasteiger partial charge in [-0.1, -0.05) is 16.9 Å². The average Bonchev–Trinajstić information content (AvgIpc) is 3.19. The molecule has 0 aliphatic heterocycles. The number of amides is 1. The highest BCUT2D eigenvalue weighted by Crippen LogP contribution is 2.17. The van der Waals surface area contributed by atoms with Gasteiger partial charge in [-0.05, 0) is 47.2 Å². The van der Waals surface area contributed by atoms with Crippen molar-refractivity contribution < 1.29 is 23.5 Å². The van der Waals surface area contributed by atoms with E-state index in [4.69, 9.17) is 9.47 Å². The SMILES string of the molecule is CNC(=O)c1nnn(N=Cc2ccc(F)cc2)c1OCC(=O)c1ccc(OC)cc1. The summed E-state index contributed by atoms with van der Waals surface area (Å²) in [6.07, 6.45) is 1.39. The van der Waals surface area contributed by atoms with E-state index >= 15 is 0 Å². The zero-order valence-electron chi connectivity index (χ0n) is 16.2. The first kappa shape index (κ1) is 20.6. The monoisotopic (exact) mass is 411 g/mol. The predicted octanol–water partition coefficient (Wildman–Crippen LogP) is 1.93. The zero-order chi connectivity index (χ0) is 21.5. The van der Waals surface area contributed by atoms with Gasteiger partial charge >= 0.3 is 0 Å². The minimum absolute atomic E-state index is 0.102. The van der Waals surface area contributed by atoms with Crippen LogP contribution in [-0.4, -0.2) is 53.8 Å². The van der Waals surface area contributed by atoms with Gasteiger partial charge in [-0.2, -0.15) is 5.10 Å². The summed E-state index contributed by atoms with van der Waals surface area (Å²) < 4.78 is 23.6. The molecule has 3 rings (SSSR count). The van der Waals surface area contributed by atoms with Gasteiger partial charge in [0.15, 0.2) is 12.4 Å². The molecule has 10 heteroatoms. The molecule has 0 saturated carbocycles. The summed E-state index contributed by atoms with van der Waals surface area (Å²) in [5.74, 6) is -0.738. The summed E-state index contributed by atoms with van der Waals surface area (Å²) in [5, 5.41) is 14.0. The van der Waals surface area contributed by atoms with E-state index in [1.807, 2.05) is 0 Å². The van der Waals surface area contributed by atoms with Crippen LogP contribution >= 0.6 is 0 Å². The number of ketones is 1. The molecule has 0 fully saturated rings. The van der Waals surface area contributed by atoms with Crippen LogP contribution in [0.25, 0.3) is 0 Å². The summed E-state index contributed by atoms with van der Waals surface area (Å²) in [6.45, 7) is -0.365. The lowest BCUT2D eigenvalue weighted by atomic mass is 10.1. The smallest absolute Gasteiger partial charge is 0.277 e. The number of halogens is 1. The fraction of sp³-hybridized carbons (Fsp3) is 0.150. The molecule has 0 bridgehead atoms. The maximum absolute atomic E-state index is 13.0. The van der Waals surface area contributed by atoms with Crippen LogP contribution in [-0.2, 0) is 0 Å². The molecule has 0 aliphatic carbocycles. The van der Waals surface area contributed by atoms with E-state index in [1.54, 1.807) is 24.3 Å². The maximum Gasteiger partial charge on any atom is 0.277 e. The van der Waals surface area contributed by atoms with E-state index in [9.17, 15) is 14.0 Å². The van der Waals surface area contributed by atoms with E-state index in [-0.39, 0.29) is 29.8 Å². The molecule has 0 saturated heterocycles. The largest absolute Gasteiger partial charge is 0.497 e. The van der Waals surface area contributed by atoms with Gasteiger partial charge in [0.1, 0.15) is 11.6 Å². The predicted molar refractivity (Wildman–Crippen MR) is 106 cm³/mol. The van der Waals surface area contributed by atoms with Crippen molar-refractivity contribution >= 4 is 17.9 Å². The molecular weight excluding hydrogens is 393 g/mol. The van der Waals surface area contributed by atoms with Gasteiger partial charge in [-0.3, -0.25) is 9.59 Å². The molecule has 1 N–H and O–H groups in total. The van der Waals surface area contributed by atoms with Crippen molar-refractivity contribution in [2.24, 2.45) is 5.10 Å². The Kier molecular flexibility index (Phi) is 6.48. The Balaban J connectivity index is 1.80. The fourth-order valence-electron chi connectivity index (χ4n) is 2.39. The Labute approximate surface area is 171 Å². The number of carbonyl (C=O) groups is 2. The van der Waals surface area contributed by atoms with E-state index in [0.29, 0.717) is 16.9 Å². The van der Waals surface area contributed by atoms with Crippen LogP contribution < -0.4 is 14.8 Å². The minimum Gasteiger partial charge on any atom is -0.497 e. The van der Waals surface area contributed by atoms with Crippen molar-refractivity contribution in [3.05, 3.63) is 71.2 Å². The molecular formula is C20H18FN5O4. The molecule has 9 nitrogen and oxygen atoms in total. The molecule has 0 atom stereocenters. The van der Waals surface area contributed by atoms with Crippen LogP contribution in [0.5, 0.6) is 11.6 Å². The molecule has 0 unspecified atom stereocenters. The van der Waals surface area contributed by atoms with E-state index in [2.05, 4.69) is 20.7 Å². The first-order valence-electron chi connectivity index (χ1n) is 8.79. The Bertz CT molecular complexity index is 1060. The Hall–Kier alpha value is -4.08. The van der Waals surface area contributed by atoms with Gasteiger partial charge in [0.05, 0.1) is 13.3 Å². The topological polar surface area (TPSA) is 108 Å². The van der Waals surface area contributed by atoms with Crippen LogP contribution in [0.2, 0.25) is 0 Å². The molecule has 0 aliphatic rings. The first-order chi connectivity index (χ1) is 14.5. The maximum atomic E-state index is 13.0. The van der Waals surface area contributed by atoms with Crippen molar-refractivity contribution in [3.63, 3.8) is 0 Å². The minimum atomic E-state index is -0.551.